The van der Waals surface area contributed by atoms with Crippen LogP contribution in [0.15, 0.2) is 6.07 Å². The highest BCUT2D eigenvalue weighted by Gasteiger charge is 2.08. The second kappa shape index (κ2) is 5.12. The van der Waals surface area contributed by atoms with Gasteiger partial charge in [0.25, 0.3) is 0 Å². The zero-order chi connectivity index (χ0) is 11.4. The van der Waals surface area contributed by atoms with Gasteiger partial charge in [0.1, 0.15) is 5.82 Å². The smallest absolute Gasteiger partial charge is 0.131 e. The highest BCUT2D eigenvalue weighted by Crippen LogP contribution is 2.19. The van der Waals surface area contributed by atoms with Gasteiger partial charge in [0, 0.05) is 23.8 Å². The Balaban J connectivity index is 3.03. The molecule has 0 saturated heterocycles. The molecule has 1 aromatic heterocycles. The Morgan fingerprint density at radius 2 is 2.13 bits per heavy atom. The number of rotatable bonds is 4. The highest BCUT2D eigenvalue weighted by atomic mass is 15.0. The van der Waals surface area contributed by atoms with Crippen molar-refractivity contribution in [3.05, 3.63) is 22.9 Å². The van der Waals surface area contributed by atoms with Gasteiger partial charge in [-0.1, -0.05) is 6.92 Å². The molecule has 84 valence electrons. The van der Waals surface area contributed by atoms with E-state index in [1.807, 2.05) is 6.92 Å². The average molecular weight is 207 g/mol. The van der Waals surface area contributed by atoms with E-state index in [0.717, 1.165) is 23.5 Å². The number of nitrogens with zero attached hydrogens (tertiary/aromatic N) is 1. The van der Waals surface area contributed by atoms with Crippen molar-refractivity contribution in [2.75, 3.05) is 5.32 Å². The van der Waals surface area contributed by atoms with E-state index < -0.39 is 0 Å². The van der Waals surface area contributed by atoms with E-state index in [0.29, 0.717) is 12.6 Å². The van der Waals surface area contributed by atoms with Crippen LogP contribution in [0.1, 0.15) is 37.1 Å². The zero-order valence-corrected chi connectivity index (χ0v) is 10.1. The van der Waals surface area contributed by atoms with E-state index in [1.54, 1.807) is 0 Å². The van der Waals surface area contributed by atoms with Gasteiger partial charge in [-0.25, -0.2) is 4.98 Å². The molecule has 1 aromatic rings. The Kier molecular flexibility index (Phi) is 4.09. The van der Waals surface area contributed by atoms with Gasteiger partial charge in [-0.05, 0) is 38.8 Å². The molecule has 15 heavy (non-hydrogen) atoms. The topological polar surface area (TPSA) is 50.9 Å². The van der Waals surface area contributed by atoms with E-state index >= 15 is 0 Å². The molecule has 0 bridgehead atoms. The molecule has 3 nitrogen and oxygen atoms in total. The minimum absolute atomic E-state index is 0.434. The molecule has 0 aromatic carbocycles. The van der Waals surface area contributed by atoms with Crippen LogP contribution in [-0.4, -0.2) is 11.0 Å². The molecular formula is C12H21N3. The lowest BCUT2D eigenvalue weighted by atomic mass is 10.1. The maximum Gasteiger partial charge on any atom is 0.131 e. The van der Waals surface area contributed by atoms with Crippen molar-refractivity contribution in [3.63, 3.8) is 0 Å². The molecule has 3 heteroatoms. The summed E-state index contributed by atoms with van der Waals surface area (Å²) >= 11 is 0. The number of nitrogens with two attached hydrogens (primary N) is 1. The largest absolute Gasteiger partial charge is 0.367 e. The first-order valence-corrected chi connectivity index (χ1v) is 5.52. The van der Waals surface area contributed by atoms with Crippen LogP contribution < -0.4 is 11.1 Å². The Bertz CT molecular complexity index is 334. The third-order valence-electron chi connectivity index (χ3n) is 2.68. The standard InChI is InChI=1S/C12H21N3/c1-5-9(3)14-12-11(7-13)8(2)6-10(4)15-12/h6,9H,5,7,13H2,1-4H3,(H,14,15). The number of hydrogen-bond donors (Lipinski definition) is 2. The van der Waals surface area contributed by atoms with Crippen LogP contribution in [0, 0.1) is 13.8 Å². The molecule has 1 atom stereocenters. The van der Waals surface area contributed by atoms with Crippen molar-refractivity contribution in [3.8, 4) is 0 Å². The Morgan fingerprint density at radius 3 is 2.67 bits per heavy atom. The lowest BCUT2D eigenvalue weighted by molar-refractivity contribution is 0.754. The molecule has 0 radical (unpaired) electrons. The summed E-state index contributed by atoms with van der Waals surface area (Å²) in [5.74, 6) is 0.948. The van der Waals surface area contributed by atoms with Gasteiger partial charge in [-0.3, -0.25) is 0 Å². The summed E-state index contributed by atoms with van der Waals surface area (Å²) in [5.41, 5.74) is 9.12. The van der Waals surface area contributed by atoms with Gasteiger partial charge in [0.05, 0.1) is 0 Å². The summed E-state index contributed by atoms with van der Waals surface area (Å²) in [4.78, 5) is 4.50. The number of aromatic nitrogens is 1. The molecule has 0 aliphatic heterocycles. The van der Waals surface area contributed by atoms with Gasteiger partial charge >= 0.3 is 0 Å². The summed E-state index contributed by atoms with van der Waals surface area (Å²) in [7, 11) is 0. The summed E-state index contributed by atoms with van der Waals surface area (Å²) in [6, 6.07) is 2.51. The van der Waals surface area contributed by atoms with Gasteiger partial charge < -0.3 is 11.1 Å². The summed E-state index contributed by atoms with van der Waals surface area (Å²) in [5, 5.41) is 3.40. The second-order valence-electron chi connectivity index (χ2n) is 4.07. The van der Waals surface area contributed by atoms with Crippen LogP contribution in [0.5, 0.6) is 0 Å². The second-order valence-corrected chi connectivity index (χ2v) is 4.07. The quantitative estimate of drug-likeness (QED) is 0.797. The van der Waals surface area contributed by atoms with E-state index in [1.165, 1.54) is 5.56 Å². The fourth-order valence-electron chi connectivity index (χ4n) is 1.58. The Hall–Kier alpha value is -1.09. The van der Waals surface area contributed by atoms with Crippen molar-refractivity contribution in [2.45, 2.75) is 46.7 Å². The van der Waals surface area contributed by atoms with Crippen LogP contribution >= 0.6 is 0 Å². The molecule has 1 rings (SSSR count). The van der Waals surface area contributed by atoms with Gasteiger partial charge in [-0.15, -0.1) is 0 Å². The van der Waals surface area contributed by atoms with Crippen LogP contribution in [-0.2, 0) is 6.54 Å². The van der Waals surface area contributed by atoms with Crippen LogP contribution in [0.2, 0.25) is 0 Å². The molecule has 1 unspecified atom stereocenters. The normalized spacial score (nSPS) is 12.6. The Morgan fingerprint density at radius 1 is 1.47 bits per heavy atom. The monoisotopic (exact) mass is 207 g/mol. The number of pyridine rings is 1. The molecule has 1 heterocycles. The van der Waals surface area contributed by atoms with Crippen LogP contribution in [0.4, 0.5) is 5.82 Å². The Labute approximate surface area is 92.1 Å². The van der Waals surface area contributed by atoms with Gasteiger partial charge in [0.15, 0.2) is 0 Å². The fraction of sp³-hybridized carbons (Fsp3) is 0.583. The molecule has 0 fully saturated rings. The minimum atomic E-state index is 0.434. The van der Waals surface area contributed by atoms with E-state index in [9.17, 15) is 0 Å². The summed E-state index contributed by atoms with van der Waals surface area (Å²) in [6.07, 6.45) is 1.08. The highest BCUT2D eigenvalue weighted by molar-refractivity contribution is 5.49. The molecule has 0 amide bonds. The van der Waals surface area contributed by atoms with E-state index in [-0.39, 0.29) is 0 Å². The molecule has 0 aliphatic rings. The predicted molar refractivity (Wildman–Crippen MR) is 65.0 cm³/mol. The molecule has 0 saturated carbocycles. The lowest BCUT2D eigenvalue weighted by Crippen LogP contribution is -2.18. The lowest BCUT2D eigenvalue weighted by Gasteiger charge is -2.17. The number of hydrogen-bond acceptors (Lipinski definition) is 3. The fourth-order valence-corrected chi connectivity index (χ4v) is 1.58. The van der Waals surface area contributed by atoms with Crippen molar-refractivity contribution >= 4 is 5.82 Å². The number of nitrogens with one attached hydrogen (secondary N) is 1. The minimum Gasteiger partial charge on any atom is -0.367 e. The van der Waals surface area contributed by atoms with Gasteiger partial charge in [0.2, 0.25) is 0 Å². The SMILES string of the molecule is CCC(C)Nc1nc(C)cc(C)c1CN. The zero-order valence-electron chi connectivity index (χ0n) is 10.1. The predicted octanol–water partition coefficient (Wildman–Crippen LogP) is 2.37. The first-order chi connectivity index (χ1) is 7.08. The molecular weight excluding hydrogens is 186 g/mol. The first-order valence-electron chi connectivity index (χ1n) is 5.52. The molecule has 3 N–H and O–H groups in total. The van der Waals surface area contributed by atoms with Crippen LogP contribution in [0.25, 0.3) is 0 Å². The van der Waals surface area contributed by atoms with Crippen LogP contribution in [0.3, 0.4) is 0 Å². The summed E-state index contributed by atoms with van der Waals surface area (Å²) in [6.45, 7) is 8.94. The van der Waals surface area contributed by atoms with Crippen molar-refractivity contribution in [2.24, 2.45) is 5.73 Å². The number of aryl methyl sites for hydroxylation is 2. The molecule has 0 spiro atoms. The molecule has 0 aliphatic carbocycles. The maximum absolute atomic E-state index is 5.74. The summed E-state index contributed by atoms with van der Waals surface area (Å²) < 4.78 is 0. The van der Waals surface area contributed by atoms with Crippen molar-refractivity contribution in [1.82, 2.24) is 4.98 Å². The van der Waals surface area contributed by atoms with E-state index in [2.05, 4.69) is 37.1 Å². The maximum atomic E-state index is 5.74. The van der Waals surface area contributed by atoms with Crippen molar-refractivity contribution in [1.29, 1.82) is 0 Å². The van der Waals surface area contributed by atoms with Gasteiger partial charge in [-0.2, -0.15) is 0 Å². The van der Waals surface area contributed by atoms with Crippen molar-refractivity contribution < 1.29 is 0 Å². The van der Waals surface area contributed by atoms with E-state index in [4.69, 9.17) is 5.73 Å². The first kappa shape index (κ1) is 12.0. The number of anilines is 1. The third kappa shape index (κ3) is 2.93. The third-order valence-corrected chi connectivity index (χ3v) is 2.68. The average Bonchev–Trinajstić information content (AvgIpc) is 2.17.